The zero-order valence-corrected chi connectivity index (χ0v) is 12.0. The van der Waals surface area contributed by atoms with Crippen molar-refractivity contribution in [3.8, 4) is 0 Å². The zero-order chi connectivity index (χ0) is 15.9. The summed E-state index contributed by atoms with van der Waals surface area (Å²) in [5.74, 6) is -1.68. The van der Waals surface area contributed by atoms with E-state index in [2.05, 4.69) is 5.32 Å². The fourth-order valence-corrected chi connectivity index (χ4v) is 3.72. The van der Waals surface area contributed by atoms with Gasteiger partial charge in [0.15, 0.2) is 0 Å². The van der Waals surface area contributed by atoms with Crippen molar-refractivity contribution in [3.05, 3.63) is 23.9 Å². The maximum Gasteiger partial charge on any atom is 0.238 e. The van der Waals surface area contributed by atoms with Crippen LogP contribution in [-0.2, 0) is 19.2 Å². The second kappa shape index (κ2) is 5.08. The number of imide groups is 1. The van der Waals surface area contributed by atoms with E-state index in [0.717, 1.165) is 0 Å². The number of nitrogens with two attached hydrogens (primary N) is 1. The molecule has 3 N–H and O–H groups in total. The van der Waals surface area contributed by atoms with Gasteiger partial charge < -0.3 is 15.4 Å². The Balaban J connectivity index is 1.98. The second-order valence-electron chi connectivity index (χ2n) is 5.93. The van der Waals surface area contributed by atoms with Crippen molar-refractivity contribution in [1.29, 1.82) is 0 Å². The summed E-state index contributed by atoms with van der Waals surface area (Å²) in [6, 6.07) is 0. The highest BCUT2D eigenvalue weighted by Gasteiger charge is 2.59. The molecule has 116 valence electrons. The van der Waals surface area contributed by atoms with E-state index in [4.69, 9.17) is 5.73 Å². The van der Waals surface area contributed by atoms with Crippen molar-refractivity contribution in [2.45, 2.75) is 12.8 Å². The third kappa shape index (κ3) is 1.96. The van der Waals surface area contributed by atoms with Crippen LogP contribution >= 0.6 is 0 Å². The molecular formula is C15H17N3O4. The number of hydrogen-bond donors (Lipinski definition) is 2. The van der Waals surface area contributed by atoms with Crippen LogP contribution in [0.15, 0.2) is 23.9 Å². The van der Waals surface area contributed by atoms with Crippen molar-refractivity contribution < 1.29 is 19.2 Å². The minimum atomic E-state index is -1.06. The molecule has 3 rings (SSSR count). The highest BCUT2D eigenvalue weighted by Crippen LogP contribution is 2.48. The van der Waals surface area contributed by atoms with Crippen molar-refractivity contribution >= 4 is 24.0 Å². The van der Waals surface area contributed by atoms with E-state index in [1.165, 1.54) is 4.90 Å². The van der Waals surface area contributed by atoms with Crippen LogP contribution in [0.3, 0.4) is 0 Å². The number of nitrogens with zero attached hydrogens (tertiary/aromatic N) is 1. The Hall–Kier alpha value is -2.44. The van der Waals surface area contributed by atoms with E-state index in [1.807, 2.05) is 0 Å². The standard InChI is InChI=1S/C15H17N3O4/c16-10-2-3-11-13(21)17-14(22)15(11,7-10)9-1-4-12(20)18(8-9)5-6-19/h2-3,6-7,9,11H,1,4-5,8,16H2,(H,17,21,22). The first-order valence-corrected chi connectivity index (χ1v) is 7.22. The lowest BCUT2D eigenvalue weighted by atomic mass is 9.63. The topological polar surface area (TPSA) is 110 Å². The largest absolute Gasteiger partial charge is 0.399 e. The number of hydrogen-bond acceptors (Lipinski definition) is 5. The average Bonchev–Trinajstić information content (AvgIpc) is 2.73. The van der Waals surface area contributed by atoms with Crippen LogP contribution in [-0.4, -0.2) is 42.0 Å². The predicted molar refractivity (Wildman–Crippen MR) is 75.9 cm³/mol. The molecule has 0 aromatic rings. The summed E-state index contributed by atoms with van der Waals surface area (Å²) in [6.45, 7) is 0.271. The zero-order valence-electron chi connectivity index (χ0n) is 12.0. The van der Waals surface area contributed by atoms with Gasteiger partial charge in [-0.3, -0.25) is 19.7 Å². The first-order valence-electron chi connectivity index (χ1n) is 7.22. The SMILES string of the molecule is NC1=CC2(C3CCC(=O)N(CC=O)C3)C(=O)NC(=O)C2C=C1. The number of carbonyl (C=O) groups excluding carboxylic acids is 4. The van der Waals surface area contributed by atoms with Crippen LogP contribution in [0.4, 0.5) is 0 Å². The Morgan fingerprint density at radius 3 is 2.91 bits per heavy atom. The Kier molecular flexibility index (Phi) is 3.35. The Labute approximate surface area is 127 Å². The summed E-state index contributed by atoms with van der Waals surface area (Å²) in [7, 11) is 0. The van der Waals surface area contributed by atoms with Gasteiger partial charge in [0.1, 0.15) is 6.29 Å². The summed E-state index contributed by atoms with van der Waals surface area (Å²) in [5, 5.41) is 2.37. The molecule has 0 radical (unpaired) electrons. The molecule has 0 aromatic carbocycles. The Morgan fingerprint density at radius 2 is 2.18 bits per heavy atom. The van der Waals surface area contributed by atoms with Gasteiger partial charge in [-0.05, 0) is 24.5 Å². The van der Waals surface area contributed by atoms with Crippen LogP contribution in [0.2, 0.25) is 0 Å². The molecule has 22 heavy (non-hydrogen) atoms. The number of allylic oxidation sites excluding steroid dienone is 1. The van der Waals surface area contributed by atoms with E-state index < -0.39 is 11.3 Å². The molecule has 2 heterocycles. The quantitative estimate of drug-likeness (QED) is 0.518. The molecule has 2 fully saturated rings. The first kappa shape index (κ1) is 14.5. The Morgan fingerprint density at radius 1 is 1.41 bits per heavy atom. The molecule has 7 nitrogen and oxygen atoms in total. The number of piperidine rings is 1. The normalized spacial score (nSPS) is 34.3. The monoisotopic (exact) mass is 303 g/mol. The minimum absolute atomic E-state index is 0.000676. The first-order chi connectivity index (χ1) is 10.5. The van der Waals surface area contributed by atoms with Crippen molar-refractivity contribution in [3.63, 3.8) is 0 Å². The summed E-state index contributed by atoms with van der Waals surface area (Å²) in [5.41, 5.74) is 5.23. The van der Waals surface area contributed by atoms with Gasteiger partial charge in [0, 0.05) is 18.7 Å². The third-order valence-corrected chi connectivity index (χ3v) is 4.78. The van der Waals surface area contributed by atoms with Crippen LogP contribution in [0.5, 0.6) is 0 Å². The molecule has 2 aliphatic heterocycles. The third-order valence-electron chi connectivity index (χ3n) is 4.78. The molecule has 1 aliphatic carbocycles. The highest BCUT2D eigenvalue weighted by atomic mass is 16.2. The molecule has 3 amide bonds. The van der Waals surface area contributed by atoms with Gasteiger partial charge in [-0.1, -0.05) is 6.08 Å². The summed E-state index contributed by atoms with van der Waals surface area (Å²) in [6.07, 6.45) is 6.32. The summed E-state index contributed by atoms with van der Waals surface area (Å²) < 4.78 is 0. The number of amides is 3. The van der Waals surface area contributed by atoms with Crippen molar-refractivity contribution in [2.75, 3.05) is 13.1 Å². The molecule has 0 saturated carbocycles. The van der Waals surface area contributed by atoms with E-state index >= 15 is 0 Å². The molecular weight excluding hydrogens is 286 g/mol. The smallest absolute Gasteiger partial charge is 0.238 e. The van der Waals surface area contributed by atoms with E-state index in [9.17, 15) is 19.2 Å². The van der Waals surface area contributed by atoms with Crippen molar-refractivity contribution in [1.82, 2.24) is 10.2 Å². The number of aldehydes is 1. The predicted octanol–water partition coefficient (Wildman–Crippen LogP) is -0.905. The van der Waals surface area contributed by atoms with Crippen LogP contribution in [0.1, 0.15) is 12.8 Å². The number of nitrogens with one attached hydrogen (secondary N) is 1. The minimum Gasteiger partial charge on any atom is -0.399 e. The average molecular weight is 303 g/mol. The molecule has 0 spiro atoms. The maximum absolute atomic E-state index is 12.5. The lowest BCUT2D eigenvalue weighted by molar-refractivity contribution is -0.141. The maximum atomic E-state index is 12.5. The van der Waals surface area contributed by atoms with E-state index in [-0.39, 0.29) is 43.1 Å². The molecule has 3 atom stereocenters. The van der Waals surface area contributed by atoms with Crippen LogP contribution in [0, 0.1) is 17.3 Å². The molecule has 0 aromatic heterocycles. The molecule has 3 aliphatic rings. The van der Waals surface area contributed by atoms with E-state index in [0.29, 0.717) is 18.4 Å². The van der Waals surface area contributed by atoms with Gasteiger partial charge >= 0.3 is 0 Å². The number of carbonyl (C=O) groups is 4. The number of fused-ring (bicyclic) bond motifs is 1. The van der Waals surface area contributed by atoms with Crippen LogP contribution in [0.25, 0.3) is 0 Å². The van der Waals surface area contributed by atoms with Gasteiger partial charge in [0.25, 0.3) is 0 Å². The fraction of sp³-hybridized carbons (Fsp3) is 0.467. The molecule has 7 heteroatoms. The summed E-state index contributed by atoms with van der Waals surface area (Å²) in [4.78, 5) is 48.6. The highest BCUT2D eigenvalue weighted by molar-refractivity contribution is 6.10. The molecule has 2 saturated heterocycles. The van der Waals surface area contributed by atoms with Gasteiger partial charge in [-0.25, -0.2) is 0 Å². The second-order valence-corrected chi connectivity index (χ2v) is 5.93. The van der Waals surface area contributed by atoms with E-state index in [1.54, 1.807) is 18.2 Å². The van der Waals surface area contributed by atoms with Crippen molar-refractivity contribution in [2.24, 2.45) is 23.0 Å². The lowest BCUT2D eigenvalue weighted by Crippen LogP contribution is -2.51. The van der Waals surface area contributed by atoms with Gasteiger partial charge in [-0.15, -0.1) is 0 Å². The Bertz CT molecular complexity index is 624. The van der Waals surface area contributed by atoms with Gasteiger partial charge in [-0.2, -0.15) is 0 Å². The lowest BCUT2D eigenvalue weighted by Gasteiger charge is -2.42. The van der Waals surface area contributed by atoms with Gasteiger partial charge in [0.05, 0.1) is 17.9 Å². The fourth-order valence-electron chi connectivity index (χ4n) is 3.72. The van der Waals surface area contributed by atoms with Crippen LogP contribution < -0.4 is 11.1 Å². The molecule has 0 bridgehead atoms. The number of likely N-dealkylation sites (tertiary alicyclic amines) is 1. The van der Waals surface area contributed by atoms with Gasteiger partial charge in [0.2, 0.25) is 17.7 Å². The molecule has 3 unspecified atom stereocenters. The number of rotatable bonds is 3. The summed E-state index contributed by atoms with van der Waals surface area (Å²) >= 11 is 0.